The quantitative estimate of drug-likeness (QED) is 0.674. The summed E-state index contributed by atoms with van der Waals surface area (Å²) in [5.74, 6) is -2.33. The molecule has 3 aromatic rings. The Morgan fingerprint density at radius 2 is 1.79 bits per heavy atom. The van der Waals surface area contributed by atoms with E-state index in [1.54, 1.807) is 35.2 Å². The first-order chi connectivity index (χ1) is 13.9. The number of rotatable bonds is 3. The van der Waals surface area contributed by atoms with Crippen LogP contribution in [0.1, 0.15) is 12.0 Å². The Kier molecular flexibility index (Phi) is 4.65. The van der Waals surface area contributed by atoms with Gasteiger partial charge in [-0.1, -0.05) is 30.3 Å². The van der Waals surface area contributed by atoms with Gasteiger partial charge in [0.25, 0.3) is 5.92 Å². The number of aromatic nitrogens is 2. The van der Waals surface area contributed by atoms with Gasteiger partial charge in [-0.2, -0.15) is 0 Å². The van der Waals surface area contributed by atoms with Crippen LogP contribution in [0.15, 0.2) is 42.5 Å². The summed E-state index contributed by atoms with van der Waals surface area (Å²) < 4.78 is 29.7. The van der Waals surface area contributed by atoms with Crippen LogP contribution in [0.3, 0.4) is 0 Å². The van der Waals surface area contributed by atoms with Crippen LogP contribution >= 0.6 is 0 Å². The summed E-state index contributed by atoms with van der Waals surface area (Å²) in [6.45, 7) is 15.0. The van der Waals surface area contributed by atoms with Crippen molar-refractivity contribution in [1.29, 1.82) is 0 Å². The average molecular weight is 392 g/mol. The fourth-order valence-electron chi connectivity index (χ4n) is 3.54. The Morgan fingerprint density at radius 1 is 1.10 bits per heavy atom. The molecule has 1 aliphatic heterocycles. The van der Waals surface area contributed by atoms with Gasteiger partial charge in [0.15, 0.2) is 11.4 Å². The molecular formula is C21H18F2N6. The Hall–Kier alpha value is -3.49. The molecule has 0 spiro atoms. The number of nitrogens with zero attached hydrogens (tertiary/aromatic N) is 5. The Labute approximate surface area is 166 Å². The molecule has 8 heteroatoms. The van der Waals surface area contributed by atoms with Gasteiger partial charge in [0.2, 0.25) is 5.95 Å². The first kappa shape index (κ1) is 18.9. The predicted octanol–water partition coefficient (Wildman–Crippen LogP) is 4.36. The van der Waals surface area contributed by atoms with Gasteiger partial charge in [0.05, 0.1) is 36.8 Å². The molecule has 1 saturated heterocycles. The van der Waals surface area contributed by atoms with Crippen LogP contribution in [0.2, 0.25) is 0 Å². The molecule has 0 bridgehead atoms. The van der Waals surface area contributed by atoms with Crippen molar-refractivity contribution in [2.45, 2.75) is 24.9 Å². The number of hydrogen-bond donors (Lipinski definition) is 1. The highest BCUT2D eigenvalue weighted by atomic mass is 19.3. The van der Waals surface area contributed by atoms with Crippen molar-refractivity contribution in [3.8, 4) is 0 Å². The minimum atomic E-state index is -2.89. The zero-order valence-corrected chi connectivity index (χ0v) is 15.5. The summed E-state index contributed by atoms with van der Waals surface area (Å²) in [5.41, 5.74) is 9.14. The summed E-state index contributed by atoms with van der Waals surface area (Å²) >= 11 is 0. The van der Waals surface area contributed by atoms with Crippen LogP contribution < -0.4 is 10.6 Å². The van der Waals surface area contributed by atoms with E-state index >= 15 is 0 Å². The summed E-state index contributed by atoms with van der Waals surface area (Å²) in [4.78, 5) is 13.3. The molecule has 146 valence electrons. The number of anilines is 1. The lowest BCUT2D eigenvalue weighted by Crippen LogP contribution is -2.55. The molecule has 1 atom stereocenters. The molecule has 1 aliphatic rings. The third-order valence-corrected chi connectivity index (χ3v) is 5.20. The van der Waals surface area contributed by atoms with Crippen LogP contribution in [0.4, 0.5) is 26.1 Å². The number of piperidine rings is 1. The van der Waals surface area contributed by atoms with E-state index in [0.717, 1.165) is 11.1 Å². The molecule has 29 heavy (non-hydrogen) atoms. The van der Waals surface area contributed by atoms with E-state index in [-0.39, 0.29) is 19.5 Å². The van der Waals surface area contributed by atoms with E-state index in [0.29, 0.717) is 29.4 Å². The Morgan fingerprint density at radius 3 is 2.45 bits per heavy atom. The number of benzene rings is 2. The summed E-state index contributed by atoms with van der Waals surface area (Å²) in [5, 5.41) is 0. The van der Waals surface area contributed by atoms with Gasteiger partial charge in [0, 0.05) is 19.5 Å². The summed E-state index contributed by atoms with van der Waals surface area (Å²) in [6.07, 6.45) is -0.329. The number of hydrogen-bond acceptors (Lipinski definition) is 3. The van der Waals surface area contributed by atoms with Crippen molar-refractivity contribution in [2.75, 3.05) is 18.0 Å². The maximum absolute atomic E-state index is 13.9. The maximum Gasteiger partial charge on any atom is 0.266 e. The average Bonchev–Trinajstić information content (AvgIpc) is 3.08. The lowest BCUT2D eigenvalue weighted by molar-refractivity contribution is -0.0395. The monoisotopic (exact) mass is 392 g/mol. The number of imidazole rings is 1. The zero-order valence-electron chi connectivity index (χ0n) is 15.5. The lowest BCUT2D eigenvalue weighted by Gasteiger charge is -2.37. The topological polar surface area (TPSA) is 55.8 Å². The largest absolute Gasteiger partial charge is 0.340 e. The molecule has 0 amide bonds. The third-order valence-electron chi connectivity index (χ3n) is 5.20. The molecule has 1 aromatic heterocycles. The SMILES string of the molecule is [C-]#[N+]c1ccc(Cn2c(N3CCC(F)(F)[C@H](N)C3)nc3ccc([N+]#[C-])cc32)cc1. The van der Waals surface area contributed by atoms with Gasteiger partial charge in [-0.25, -0.2) is 23.5 Å². The van der Waals surface area contributed by atoms with Crippen LogP contribution in [0, 0.1) is 13.1 Å². The van der Waals surface area contributed by atoms with Crippen LogP contribution in [0.5, 0.6) is 0 Å². The molecular weight excluding hydrogens is 374 g/mol. The van der Waals surface area contributed by atoms with E-state index < -0.39 is 12.0 Å². The molecule has 0 aliphatic carbocycles. The molecule has 6 nitrogen and oxygen atoms in total. The highest BCUT2D eigenvalue weighted by molar-refractivity contribution is 5.83. The van der Waals surface area contributed by atoms with Gasteiger partial charge in [-0.3, -0.25) is 0 Å². The van der Waals surface area contributed by atoms with Crippen molar-refractivity contribution < 1.29 is 8.78 Å². The number of halogens is 2. The maximum atomic E-state index is 13.9. The lowest BCUT2D eigenvalue weighted by atomic mass is 10.0. The molecule has 2 heterocycles. The van der Waals surface area contributed by atoms with Crippen molar-refractivity contribution in [3.63, 3.8) is 0 Å². The fourth-order valence-corrected chi connectivity index (χ4v) is 3.54. The standard InChI is InChI=1S/C21H18F2N6/c1-25-15-5-3-14(4-6-15)12-29-18-11-16(26-2)7-8-17(18)27-20(29)28-10-9-21(22,23)19(24)13-28/h3-8,11,19H,9-10,12-13,24H2/t19-/m1/s1. The van der Waals surface area contributed by atoms with Gasteiger partial charge >= 0.3 is 0 Å². The van der Waals surface area contributed by atoms with Crippen molar-refractivity contribution in [1.82, 2.24) is 9.55 Å². The van der Waals surface area contributed by atoms with Gasteiger partial charge in [-0.15, -0.1) is 0 Å². The molecule has 1 fully saturated rings. The van der Waals surface area contributed by atoms with E-state index in [1.807, 2.05) is 16.7 Å². The molecule has 2 aromatic carbocycles. The second kappa shape index (κ2) is 7.16. The zero-order chi connectivity index (χ0) is 20.6. The van der Waals surface area contributed by atoms with Crippen LogP contribution in [-0.4, -0.2) is 34.6 Å². The predicted molar refractivity (Wildman–Crippen MR) is 108 cm³/mol. The molecule has 0 radical (unpaired) electrons. The van der Waals surface area contributed by atoms with E-state index in [1.165, 1.54) is 0 Å². The summed E-state index contributed by atoms with van der Waals surface area (Å²) in [6, 6.07) is 11.1. The van der Waals surface area contributed by atoms with Crippen LogP contribution in [-0.2, 0) is 6.54 Å². The van der Waals surface area contributed by atoms with Crippen molar-refractivity contribution >= 4 is 28.4 Å². The van der Waals surface area contributed by atoms with E-state index in [2.05, 4.69) is 14.7 Å². The van der Waals surface area contributed by atoms with Gasteiger partial charge in [-0.05, 0) is 17.7 Å². The Bertz CT molecular complexity index is 1140. The van der Waals surface area contributed by atoms with E-state index in [9.17, 15) is 8.78 Å². The number of alkyl halides is 2. The fraction of sp³-hybridized carbons (Fsp3) is 0.286. The molecule has 4 rings (SSSR count). The minimum Gasteiger partial charge on any atom is -0.340 e. The first-order valence-corrected chi connectivity index (χ1v) is 9.14. The number of fused-ring (bicyclic) bond motifs is 1. The molecule has 0 saturated carbocycles. The second-order valence-electron chi connectivity index (χ2n) is 7.12. The first-order valence-electron chi connectivity index (χ1n) is 9.14. The normalized spacial score (nSPS) is 18.4. The minimum absolute atomic E-state index is 0.00264. The van der Waals surface area contributed by atoms with E-state index in [4.69, 9.17) is 18.9 Å². The van der Waals surface area contributed by atoms with Crippen LogP contribution in [0.25, 0.3) is 20.7 Å². The van der Waals surface area contributed by atoms with Crippen molar-refractivity contribution in [2.24, 2.45) is 5.73 Å². The van der Waals surface area contributed by atoms with Gasteiger partial charge < -0.3 is 15.2 Å². The second-order valence-corrected chi connectivity index (χ2v) is 7.12. The van der Waals surface area contributed by atoms with Gasteiger partial charge in [0.1, 0.15) is 0 Å². The highest BCUT2D eigenvalue weighted by Gasteiger charge is 2.42. The highest BCUT2D eigenvalue weighted by Crippen LogP contribution is 2.33. The summed E-state index contributed by atoms with van der Waals surface area (Å²) in [7, 11) is 0. The Balaban J connectivity index is 1.78. The third kappa shape index (κ3) is 3.51. The number of nitrogens with two attached hydrogens (primary N) is 1. The smallest absolute Gasteiger partial charge is 0.266 e. The molecule has 0 unspecified atom stereocenters. The van der Waals surface area contributed by atoms with Crippen molar-refractivity contribution in [3.05, 3.63) is 70.9 Å². The molecule has 2 N–H and O–H groups in total.